The zero-order chi connectivity index (χ0) is 11.8. The van der Waals surface area contributed by atoms with Gasteiger partial charge in [-0.25, -0.2) is 0 Å². The van der Waals surface area contributed by atoms with E-state index in [1.807, 2.05) is 30.3 Å². The van der Waals surface area contributed by atoms with Gasteiger partial charge in [0, 0.05) is 0 Å². The Hall–Kier alpha value is -1.81. The number of phenols is 2. The fourth-order valence-electron chi connectivity index (χ4n) is 1.88. The Morgan fingerprint density at radius 1 is 0.941 bits per heavy atom. The molecule has 2 aromatic rings. The van der Waals surface area contributed by atoms with Crippen molar-refractivity contribution < 1.29 is 10.2 Å². The van der Waals surface area contributed by atoms with Gasteiger partial charge in [-0.3, -0.25) is 0 Å². The molecule has 0 aromatic heterocycles. The van der Waals surface area contributed by atoms with Crippen molar-refractivity contribution in [3.8, 4) is 11.5 Å². The first-order valence-electron chi connectivity index (χ1n) is 5.29. The molecule has 4 heteroatoms. The van der Waals surface area contributed by atoms with Gasteiger partial charge in [-0.05, 0) is 17.7 Å². The fourth-order valence-corrected chi connectivity index (χ4v) is 3.05. The number of hydrogen-bond donors (Lipinski definition) is 3. The number of phenolic OH excluding ortho intramolecular Hbond substituents is 2. The topological polar surface area (TPSA) is 52.5 Å². The number of anilines is 1. The lowest BCUT2D eigenvalue weighted by atomic mass is 10.2. The summed E-state index contributed by atoms with van der Waals surface area (Å²) in [6.45, 7) is 0. The minimum absolute atomic E-state index is 0.0328. The van der Waals surface area contributed by atoms with Gasteiger partial charge >= 0.3 is 0 Å². The number of thioether (sulfide) groups is 1. The van der Waals surface area contributed by atoms with Crippen molar-refractivity contribution in [1.82, 2.24) is 0 Å². The second kappa shape index (κ2) is 3.89. The van der Waals surface area contributed by atoms with Crippen molar-refractivity contribution in [3.63, 3.8) is 0 Å². The van der Waals surface area contributed by atoms with Crippen LogP contribution >= 0.6 is 11.8 Å². The summed E-state index contributed by atoms with van der Waals surface area (Å²) in [6.07, 6.45) is 0. The Morgan fingerprint density at radius 2 is 1.65 bits per heavy atom. The van der Waals surface area contributed by atoms with E-state index in [2.05, 4.69) is 5.32 Å². The summed E-state index contributed by atoms with van der Waals surface area (Å²) in [5.74, 6) is 0.373. The molecule has 0 bridgehead atoms. The van der Waals surface area contributed by atoms with Gasteiger partial charge in [0.2, 0.25) is 0 Å². The molecule has 3 nitrogen and oxygen atoms in total. The van der Waals surface area contributed by atoms with E-state index in [-0.39, 0.29) is 16.9 Å². The summed E-state index contributed by atoms with van der Waals surface area (Å²) >= 11 is 1.51. The average Bonchev–Trinajstić information content (AvgIpc) is 2.81. The molecule has 0 fully saturated rings. The Labute approximate surface area is 103 Å². The zero-order valence-electron chi connectivity index (χ0n) is 8.92. The number of hydrogen-bond acceptors (Lipinski definition) is 4. The van der Waals surface area contributed by atoms with Crippen molar-refractivity contribution in [2.75, 3.05) is 5.32 Å². The summed E-state index contributed by atoms with van der Waals surface area (Å²) in [5, 5.41) is 22.7. The Bertz CT molecular complexity index is 526. The minimum Gasteiger partial charge on any atom is -0.507 e. The predicted molar refractivity (Wildman–Crippen MR) is 68.4 cm³/mol. The maximum absolute atomic E-state index is 9.75. The fraction of sp³-hybridized carbons (Fsp3) is 0.0769. The number of aromatic hydroxyl groups is 2. The van der Waals surface area contributed by atoms with E-state index >= 15 is 0 Å². The van der Waals surface area contributed by atoms with Gasteiger partial charge < -0.3 is 15.5 Å². The van der Waals surface area contributed by atoms with Crippen LogP contribution in [0.15, 0.2) is 47.4 Å². The normalized spacial score (nSPS) is 17.5. The summed E-state index contributed by atoms with van der Waals surface area (Å²) < 4.78 is 0. The molecule has 3 N–H and O–H groups in total. The smallest absolute Gasteiger partial charge is 0.140 e. The second-order valence-corrected chi connectivity index (χ2v) is 4.98. The molecule has 2 aromatic carbocycles. The van der Waals surface area contributed by atoms with Gasteiger partial charge in [0.05, 0.1) is 10.6 Å². The first kappa shape index (κ1) is 10.4. The third kappa shape index (κ3) is 1.70. The predicted octanol–water partition coefficient (Wildman–Crippen LogP) is 3.31. The largest absolute Gasteiger partial charge is 0.507 e. The summed E-state index contributed by atoms with van der Waals surface area (Å²) in [5.41, 5.74) is 1.73. The molecular formula is C13H11NO2S. The quantitative estimate of drug-likeness (QED) is 0.533. The van der Waals surface area contributed by atoms with Crippen LogP contribution in [0.3, 0.4) is 0 Å². The van der Waals surface area contributed by atoms with E-state index < -0.39 is 0 Å². The van der Waals surface area contributed by atoms with Crippen molar-refractivity contribution in [3.05, 3.63) is 48.0 Å². The van der Waals surface area contributed by atoms with Crippen LogP contribution in [0.5, 0.6) is 11.5 Å². The van der Waals surface area contributed by atoms with Crippen LogP contribution in [-0.2, 0) is 0 Å². The summed E-state index contributed by atoms with van der Waals surface area (Å²) in [6, 6.07) is 13.0. The highest BCUT2D eigenvalue weighted by atomic mass is 32.2. The molecule has 86 valence electrons. The highest BCUT2D eigenvalue weighted by molar-refractivity contribution is 8.00. The lowest BCUT2D eigenvalue weighted by molar-refractivity contribution is 0.451. The first-order chi connectivity index (χ1) is 8.25. The third-order valence-corrected chi connectivity index (χ3v) is 4.00. The molecular weight excluding hydrogens is 234 g/mol. The van der Waals surface area contributed by atoms with E-state index in [9.17, 15) is 10.2 Å². The van der Waals surface area contributed by atoms with E-state index in [4.69, 9.17) is 0 Å². The maximum atomic E-state index is 9.75. The summed E-state index contributed by atoms with van der Waals surface area (Å²) in [4.78, 5) is 0.707. The molecule has 3 rings (SSSR count). The SMILES string of the molecule is Oc1ccc(O)c2c1NC(c1ccccc1)S2. The van der Waals surface area contributed by atoms with E-state index in [0.29, 0.717) is 10.6 Å². The molecule has 0 saturated heterocycles. The molecule has 1 aliphatic rings. The van der Waals surface area contributed by atoms with Crippen LogP contribution in [0.25, 0.3) is 0 Å². The van der Waals surface area contributed by atoms with Crippen LogP contribution in [0, 0.1) is 0 Å². The lowest BCUT2D eigenvalue weighted by Gasteiger charge is -2.10. The molecule has 1 aliphatic heterocycles. The van der Waals surface area contributed by atoms with Crippen molar-refractivity contribution in [1.29, 1.82) is 0 Å². The molecule has 0 amide bonds. The van der Waals surface area contributed by atoms with Gasteiger partial charge in [-0.15, -0.1) is 0 Å². The molecule has 0 spiro atoms. The van der Waals surface area contributed by atoms with Crippen LogP contribution in [0.1, 0.15) is 10.9 Å². The third-order valence-electron chi connectivity index (χ3n) is 2.73. The Kier molecular flexibility index (Phi) is 2.37. The molecule has 1 heterocycles. The zero-order valence-corrected chi connectivity index (χ0v) is 9.74. The van der Waals surface area contributed by atoms with Crippen molar-refractivity contribution >= 4 is 17.4 Å². The Balaban J connectivity index is 1.98. The molecule has 0 aliphatic carbocycles. The molecule has 0 radical (unpaired) electrons. The average molecular weight is 245 g/mol. The lowest BCUT2D eigenvalue weighted by Crippen LogP contribution is -2.00. The van der Waals surface area contributed by atoms with Crippen LogP contribution < -0.4 is 5.32 Å². The minimum atomic E-state index is 0.0328. The number of fused-ring (bicyclic) bond motifs is 1. The van der Waals surface area contributed by atoms with E-state index in [1.165, 1.54) is 23.9 Å². The van der Waals surface area contributed by atoms with Gasteiger partial charge in [0.25, 0.3) is 0 Å². The molecule has 1 atom stereocenters. The number of benzene rings is 2. The molecule has 0 saturated carbocycles. The van der Waals surface area contributed by atoms with Crippen LogP contribution in [-0.4, -0.2) is 10.2 Å². The van der Waals surface area contributed by atoms with Crippen molar-refractivity contribution in [2.24, 2.45) is 0 Å². The van der Waals surface area contributed by atoms with Crippen LogP contribution in [0.2, 0.25) is 0 Å². The first-order valence-corrected chi connectivity index (χ1v) is 6.17. The Morgan fingerprint density at radius 3 is 2.35 bits per heavy atom. The van der Waals surface area contributed by atoms with Gasteiger partial charge in [0.1, 0.15) is 16.9 Å². The summed E-state index contributed by atoms with van der Waals surface area (Å²) in [7, 11) is 0. The highest BCUT2D eigenvalue weighted by Gasteiger charge is 2.27. The van der Waals surface area contributed by atoms with Gasteiger partial charge in [-0.1, -0.05) is 42.1 Å². The molecule has 17 heavy (non-hydrogen) atoms. The van der Waals surface area contributed by atoms with Crippen LogP contribution in [0.4, 0.5) is 5.69 Å². The van der Waals surface area contributed by atoms with Gasteiger partial charge in [0.15, 0.2) is 0 Å². The number of nitrogens with one attached hydrogen (secondary N) is 1. The molecule has 1 unspecified atom stereocenters. The van der Waals surface area contributed by atoms with Gasteiger partial charge in [-0.2, -0.15) is 0 Å². The van der Waals surface area contributed by atoms with E-state index in [1.54, 1.807) is 0 Å². The maximum Gasteiger partial charge on any atom is 0.140 e. The van der Waals surface area contributed by atoms with Crippen molar-refractivity contribution in [2.45, 2.75) is 10.3 Å². The number of rotatable bonds is 1. The second-order valence-electron chi connectivity index (χ2n) is 3.86. The van der Waals surface area contributed by atoms with E-state index in [0.717, 1.165) is 5.56 Å². The monoisotopic (exact) mass is 245 g/mol. The standard InChI is InChI=1S/C13H11NO2S/c15-9-6-7-10(16)12-11(9)14-13(17-12)8-4-2-1-3-5-8/h1-7,13-16H. The highest BCUT2D eigenvalue weighted by Crippen LogP contribution is 2.53.